The summed E-state index contributed by atoms with van der Waals surface area (Å²) in [6.45, 7) is 1.49. The Morgan fingerprint density at radius 2 is 1.72 bits per heavy atom. The highest BCUT2D eigenvalue weighted by atomic mass is 32.2. The number of esters is 1. The second-order valence-electron chi connectivity index (χ2n) is 4.15. The number of carbonyl (C=O) groups is 1. The molecule has 0 heterocycles. The maximum atomic E-state index is 11.7. The lowest BCUT2D eigenvalue weighted by Gasteiger charge is -2.19. The standard InChI is InChI=1S/C9H19NO6S2/c1-8(9(11)16-3)7-10(2)18(14,15)6-5-17(4,12)13/h8H,5-7H2,1-4H3. The van der Waals surface area contributed by atoms with Crippen molar-refractivity contribution in [2.45, 2.75) is 6.92 Å². The quantitative estimate of drug-likeness (QED) is 0.565. The number of nitrogens with zero attached hydrogens (tertiary/aromatic N) is 1. The lowest BCUT2D eigenvalue weighted by atomic mass is 10.2. The van der Waals surface area contributed by atoms with Crippen molar-refractivity contribution in [2.75, 3.05) is 38.5 Å². The minimum Gasteiger partial charge on any atom is -0.469 e. The fourth-order valence-electron chi connectivity index (χ4n) is 1.19. The summed E-state index contributed by atoms with van der Waals surface area (Å²) in [5, 5.41) is 0. The van der Waals surface area contributed by atoms with Crippen LogP contribution in [0.25, 0.3) is 0 Å². The van der Waals surface area contributed by atoms with Crippen LogP contribution >= 0.6 is 0 Å². The van der Waals surface area contributed by atoms with E-state index < -0.39 is 43.3 Å². The van der Waals surface area contributed by atoms with Crippen LogP contribution in [0.15, 0.2) is 0 Å². The van der Waals surface area contributed by atoms with Gasteiger partial charge in [-0.05, 0) is 0 Å². The minimum absolute atomic E-state index is 0.0429. The van der Waals surface area contributed by atoms with Gasteiger partial charge in [0.25, 0.3) is 0 Å². The fourth-order valence-corrected chi connectivity index (χ4v) is 4.00. The number of sulfonamides is 1. The molecule has 0 fully saturated rings. The summed E-state index contributed by atoms with van der Waals surface area (Å²) in [6, 6.07) is 0. The maximum Gasteiger partial charge on any atom is 0.309 e. The average molecular weight is 301 g/mol. The van der Waals surface area contributed by atoms with Gasteiger partial charge in [-0.2, -0.15) is 0 Å². The molecule has 0 aliphatic heterocycles. The maximum absolute atomic E-state index is 11.7. The Hall–Kier alpha value is -0.670. The Balaban J connectivity index is 4.58. The van der Waals surface area contributed by atoms with Crippen LogP contribution in [0.5, 0.6) is 0 Å². The molecule has 1 unspecified atom stereocenters. The molecule has 0 bridgehead atoms. The van der Waals surface area contributed by atoms with E-state index in [1.165, 1.54) is 21.1 Å². The summed E-state index contributed by atoms with van der Waals surface area (Å²) in [6.07, 6.45) is 0.972. The molecule has 0 aliphatic carbocycles. The van der Waals surface area contributed by atoms with Crippen molar-refractivity contribution in [1.29, 1.82) is 0 Å². The Morgan fingerprint density at radius 3 is 2.11 bits per heavy atom. The number of hydrogen-bond acceptors (Lipinski definition) is 6. The van der Waals surface area contributed by atoms with E-state index in [0.29, 0.717) is 0 Å². The summed E-state index contributed by atoms with van der Waals surface area (Å²) in [4.78, 5) is 11.2. The number of methoxy groups -OCH3 is 1. The first kappa shape index (κ1) is 17.3. The third kappa shape index (κ3) is 6.31. The number of rotatable bonds is 7. The first-order valence-electron chi connectivity index (χ1n) is 5.19. The largest absolute Gasteiger partial charge is 0.469 e. The van der Waals surface area contributed by atoms with E-state index in [0.717, 1.165) is 10.6 Å². The van der Waals surface area contributed by atoms with Crippen molar-refractivity contribution in [3.05, 3.63) is 0 Å². The van der Waals surface area contributed by atoms with Crippen LogP contribution in [0, 0.1) is 5.92 Å². The zero-order valence-electron chi connectivity index (χ0n) is 10.9. The lowest BCUT2D eigenvalue weighted by molar-refractivity contribution is -0.144. The van der Waals surface area contributed by atoms with Gasteiger partial charge in [-0.1, -0.05) is 6.92 Å². The zero-order valence-corrected chi connectivity index (χ0v) is 12.5. The third-order valence-corrected chi connectivity index (χ3v) is 5.34. The van der Waals surface area contributed by atoms with E-state index in [-0.39, 0.29) is 6.54 Å². The van der Waals surface area contributed by atoms with E-state index in [9.17, 15) is 21.6 Å². The fraction of sp³-hybridized carbons (Fsp3) is 0.889. The van der Waals surface area contributed by atoms with E-state index >= 15 is 0 Å². The molecule has 0 amide bonds. The Morgan fingerprint density at radius 1 is 1.22 bits per heavy atom. The average Bonchev–Trinajstić information content (AvgIpc) is 2.24. The SMILES string of the molecule is COC(=O)C(C)CN(C)S(=O)(=O)CCS(C)(=O)=O. The van der Waals surface area contributed by atoms with Gasteiger partial charge >= 0.3 is 5.97 Å². The predicted octanol–water partition coefficient (Wildman–Crippen LogP) is -0.898. The summed E-state index contributed by atoms with van der Waals surface area (Å²) in [7, 11) is -4.50. The van der Waals surface area contributed by atoms with Crippen LogP contribution < -0.4 is 0 Å². The van der Waals surface area contributed by atoms with Crippen LogP contribution in [0.2, 0.25) is 0 Å². The second-order valence-corrected chi connectivity index (χ2v) is 8.61. The Bertz CT molecular complexity index is 481. The van der Waals surface area contributed by atoms with Crippen LogP contribution in [0.4, 0.5) is 0 Å². The molecule has 0 radical (unpaired) electrons. The first-order chi connectivity index (χ1) is 7.99. The van der Waals surface area contributed by atoms with Gasteiger partial charge < -0.3 is 4.74 Å². The van der Waals surface area contributed by atoms with Gasteiger partial charge in [0.05, 0.1) is 24.5 Å². The lowest BCUT2D eigenvalue weighted by Crippen LogP contribution is -2.37. The van der Waals surface area contributed by atoms with Crippen molar-refractivity contribution >= 4 is 25.8 Å². The van der Waals surface area contributed by atoms with Crippen LogP contribution in [0.1, 0.15) is 6.92 Å². The van der Waals surface area contributed by atoms with Crippen LogP contribution in [-0.4, -0.2) is 65.6 Å². The van der Waals surface area contributed by atoms with E-state index in [2.05, 4.69) is 4.74 Å². The van der Waals surface area contributed by atoms with Gasteiger partial charge in [0, 0.05) is 19.8 Å². The van der Waals surface area contributed by atoms with E-state index in [1.54, 1.807) is 0 Å². The minimum atomic E-state index is -3.68. The monoisotopic (exact) mass is 301 g/mol. The van der Waals surface area contributed by atoms with Crippen molar-refractivity contribution < 1.29 is 26.4 Å². The molecule has 9 heteroatoms. The molecule has 0 aromatic carbocycles. The predicted molar refractivity (Wildman–Crippen MR) is 67.3 cm³/mol. The van der Waals surface area contributed by atoms with Gasteiger partial charge in [0.2, 0.25) is 10.0 Å². The van der Waals surface area contributed by atoms with Gasteiger partial charge in [-0.3, -0.25) is 4.79 Å². The van der Waals surface area contributed by atoms with Gasteiger partial charge in [-0.25, -0.2) is 21.1 Å². The van der Waals surface area contributed by atoms with Gasteiger partial charge in [-0.15, -0.1) is 0 Å². The third-order valence-electron chi connectivity index (χ3n) is 2.32. The van der Waals surface area contributed by atoms with Crippen LogP contribution in [0.3, 0.4) is 0 Å². The molecule has 0 aliphatic rings. The Labute approximate surface area is 108 Å². The molecule has 0 N–H and O–H groups in total. The molecule has 7 nitrogen and oxygen atoms in total. The smallest absolute Gasteiger partial charge is 0.309 e. The normalized spacial score (nSPS) is 14.5. The van der Waals surface area contributed by atoms with Crippen molar-refractivity contribution in [3.8, 4) is 0 Å². The van der Waals surface area contributed by atoms with Gasteiger partial charge in [0.15, 0.2) is 0 Å². The number of sulfone groups is 1. The zero-order chi connectivity index (χ0) is 14.6. The molecular formula is C9H19NO6S2. The molecule has 0 saturated heterocycles. The van der Waals surface area contributed by atoms with E-state index in [1.807, 2.05) is 0 Å². The molecule has 0 aromatic rings. The summed E-state index contributed by atoms with van der Waals surface area (Å²) >= 11 is 0. The molecule has 0 aromatic heterocycles. The molecule has 108 valence electrons. The molecule has 0 rings (SSSR count). The molecule has 0 spiro atoms. The van der Waals surface area contributed by atoms with Gasteiger partial charge in [0.1, 0.15) is 9.84 Å². The number of ether oxygens (including phenoxy) is 1. The van der Waals surface area contributed by atoms with E-state index in [4.69, 9.17) is 0 Å². The highest BCUT2D eigenvalue weighted by molar-refractivity contribution is 7.93. The summed E-state index contributed by atoms with van der Waals surface area (Å²) in [5.41, 5.74) is 0. The highest BCUT2D eigenvalue weighted by Crippen LogP contribution is 2.06. The molecule has 0 saturated carbocycles. The van der Waals surface area contributed by atoms with Crippen molar-refractivity contribution in [3.63, 3.8) is 0 Å². The molecular weight excluding hydrogens is 282 g/mol. The van der Waals surface area contributed by atoms with Crippen LogP contribution in [-0.2, 0) is 29.4 Å². The van der Waals surface area contributed by atoms with Crippen molar-refractivity contribution in [2.24, 2.45) is 5.92 Å². The molecule has 18 heavy (non-hydrogen) atoms. The summed E-state index contributed by atoms with van der Waals surface area (Å²) < 4.78 is 50.8. The topological polar surface area (TPSA) is 97.8 Å². The Kier molecular flexibility index (Phi) is 6.24. The molecule has 1 atom stereocenters. The number of hydrogen-bond donors (Lipinski definition) is 0. The first-order valence-corrected chi connectivity index (χ1v) is 8.86. The summed E-state index contributed by atoms with van der Waals surface area (Å²) in [5.74, 6) is -2.05. The highest BCUT2D eigenvalue weighted by Gasteiger charge is 2.24. The number of carbonyl (C=O) groups excluding carboxylic acids is 1. The second kappa shape index (κ2) is 6.48. The van der Waals surface area contributed by atoms with Crippen molar-refractivity contribution in [1.82, 2.24) is 4.31 Å².